The van der Waals surface area contributed by atoms with Crippen LogP contribution < -0.4 is 5.56 Å². The van der Waals surface area contributed by atoms with Gasteiger partial charge in [-0.2, -0.15) is 0 Å². The van der Waals surface area contributed by atoms with Crippen LogP contribution in [-0.4, -0.2) is 32.5 Å². The summed E-state index contributed by atoms with van der Waals surface area (Å²) in [5.74, 6) is -0.346. The molecule has 0 aliphatic carbocycles. The fourth-order valence-electron chi connectivity index (χ4n) is 3.75. The largest absolute Gasteiger partial charge is 0.373 e. The number of hydrogen-bond acceptors (Lipinski definition) is 6. The van der Waals surface area contributed by atoms with E-state index in [4.69, 9.17) is 4.52 Å². The van der Waals surface area contributed by atoms with E-state index in [1.54, 1.807) is 10.5 Å². The van der Waals surface area contributed by atoms with Gasteiger partial charge in [-0.25, -0.2) is 9.37 Å². The Morgan fingerprint density at radius 2 is 2.17 bits per heavy atom. The van der Waals surface area contributed by atoms with Crippen molar-refractivity contribution < 1.29 is 8.91 Å². The molecule has 0 fully saturated rings. The van der Waals surface area contributed by atoms with Crippen LogP contribution in [0.15, 0.2) is 51.2 Å². The molecule has 0 bridgehead atoms. The molecule has 152 valence electrons. The highest BCUT2D eigenvalue weighted by Gasteiger charge is 2.16. The third-order valence-corrected chi connectivity index (χ3v) is 6.35. The number of thiazole rings is 1. The van der Waals surface area contributed by atoms with Crippen molar-refractivity contribution in [1.29, 1.82) is 0 Å². The minimum atomic E-state index is -0.346. The molecular formula is C22H19FN4O2S. The van der Waals surface area contributed by atoms with E-state index in [1.165, 1.54) is 23.5 Å². The first-order chi connectivity index (χ1) is 14.5. The molecular weight excluding hydrogens is 403 g/mol. The molecule has 0 saturated heterocycles. The van der Waals surface area contributed by atoms with Gasteiger partial charge in [-0.1, -0.05) is 11.2 Å². The highest BCUT2D eigenvalue weighted by Crippen LogP contribution is 2.27. The molecule has 5 rings (SSSR count). The van der Waals surface area contributed by atoms with Gasteiger partial charge in [-0.15, -0.1) is 11.3 Å². The van der Waals surface area contributed by atoms with E-state index in [9.17, 15) is 9.18 Å². The van der Waals surface area contributed by atoms with Crippen molar-refractivity contribution in [2.24, 2.45) is 0 Å². The van der Waals surface area contributed by atoms with Crippen LogP contribution in [0.2, 0.25) is 0 Å². The Morgan fingerprint density at radius 3 is 2.97 bits per heavy atom. The average Bonchev–Trinajstić information content (AvgIpc) is 3.31. The predicted molar refractivity (Wildman–Crippen MR) is 115 cm³/mol. The van der Waals surface area contributed by atoms with Crippen LogP contribution >= 0.6 is 11.3 Å². The lowest BCUT2D eigenvalue weighted by atomic mass is 10.1. The third kappa shape index (κ3) is 3.13. The summed E-state index contributed by atoms with van der Waals surface area (Å²) in [5.41, 5.74) is 4.56. The van der Waals surface area contributed by atoms with E-state index in [2.05, 4.69) is 21.1 Å². The zero-order valence-corrected chi connectivity index (χ0v) is 17.4. The van der Waals surface area contributed by atoms with Gasteiger partial charge in [0.1, 0.15) is 11.5 Å². The normalized spacial score (nSPS) is 14.1. The highest BCUT2D eigenvalue weighted by molar-refractivity contribution is 7.15. The number of halogens is 1. The lowest BCUT2D eigenvalue weighted by Gasteiger charge is -2.22. The molecule has 8 heteroatoms. The maximum Gasteiger partial charge on any atom is 0.262 e. The van der Waals surface area contributed by atoms with Crippen molar-refractivity contribution in [2.45, 2.75) is 20.3 Å². The van der Waals surface area contributed by atoms with Crippen molar-refractivity contribution in [3.8, 4) is 0 Å². The van der Waals surface area contributed by atoms with E-state index in [0.717, 1.165) is 32.9 Å². The van der Waals surface area contributed by atoms with Gasteiger partial charge >= 0.3 is 0 Å². The summed E-state index contributed by atoms with van der Waals surface area (Å²) in [6, 6.07) is 4.43. The molecule has 1 aliphatic rings. The van der Waals surface area contributed by atoms with Crippen LogP contribution in [-0.2, 0) is 6.42 Å². The van der Waals surface area contributed by atoms with Gasteiger partial charge in [0.2, 0.25) is 0 Å². The molecule has 0 saturated carbocycles. The SMILES string of the molecule is Cc1nc2scc(C)n2c(=O)c1CCN1C=CC(c2noc3cc(F)ccc23)=CC1. The maximum absolute atomic E-state index is 13.4. The predicted octanol–water partition coefficient (Wildman–Crippen LogP) is 4.11. The summed E-state index contributed by atoms with van der Waals surface area (Å²) in [4.78, 5) is 20.4. The summed E-state index contributed by atoms with van der Waals surface area (Å²) >= 11 is 1.49. The molecule has 30 heavy (non-hydrogen) atoms. The van der Waals surface area contributed by atoms with Crippen LogP contribution in [0.1, 0.15) is 22.6 Å². The molecule has 0 N–H and O–H groups in total. The smallest absolute Gasteiger partial charge is 0.262 e. The van der Waals surface area contributed by atoms with E-state index < -0.39 is 0 Å². The first-order valence-electron chi connectivity index (χ1n) is 9.65. The summed E-state index contributed by atoms with van der Waals surface area (Å²) in [7, 11) is 0. The molecule has 0 amide bonds. The van der Waals surface area contributed by atoms with Crippen LogP contribution in [0, 0.1) is 19.7 Å². The van der Waals surface area contributed by atoms with Crippen molar-refractivity contribution in [3.63, 3.8) is 0 Å². The van der Waals surface area contributed by atoms with Crippen molar-refractivity contribution in [2.75, 3.05) is 13.1 Å². The Hall–Kier alpha value is -3.26. The second-order valence-electron chi connectivity index (χ2n) is 7.37. The number of aromatic nitrogens is 3. The standard InChI is InChI=1S/C22H19FN4O2S/c1-13-12-30-22-24-14(2)17(21(28)27(13)22)7-10-26-8-5-15(6-9-26)20-18-4-3-16(23)11-19(18)29-25-20/h3-6,8,11-12H,7,9-10H2,1-2H3. The Morgan fingerprint density at radius 1 is 1.30 bits per heavy atom. The maximum atomic E-state index is 13.4. The number of hydrogen-bond donors (Lipinski definition) is 0. The topological polar surface area (TPSA) is 63.6 Å². The number of aryl methyl sites for hydroxylation is 2. The average molecular weight is 422 g/mol. The molecule has 0 atom stereocenters. The van der Waals surface area contributed by atoms with E-state index in [-0.39, 0.29) is 11.4 Å². The quantitative estimate of drug-likeness (QED) is 0.495. The van der Waals surface area contributed by atoms with Gasteiger partial charge in [0, 0.05) is 58.6 Å². The van der Waals surface area contributed by atoms with E-state index >= 15 is 0 Å². The zero-order chi connectivity index (χ0) is 20.8. The summed E-state index contributed by atoms with van der Waals surface area (Å²) in [6.07, 6.45) is 6.64. The molecule has 0 spiro atoms. The van der Waals surface area contributed by atoms with Crippen LogP contribution in [0.25, 0.3) is 21.5 Å². The van der Waals surface area contributed by atoms with Gasteiger partial charge < -0.3 is 9.42 Å². The molecule has 6 nitrogen and oxygen atoms in total. The zero-order valence-electron chi connectivity index (χ0n) is 16.6. The fourth-order valence-corrected chi connectivity index (χ4v) is 4.66. The van der Waals surface area contributed by atoms with Crippen molar-refractivity contribution >= 4 is 32.8 Å². The molecule has 0 radical (unpaired) electrons. The first-order valence-corrected chi connectivity index (χ1v) is 10.5. The van der Waals surface area contributed by atoms with E-state index in [1.807, 2.05) is 31.5 Å². The number of rotatable bonds is 4. The minimum Gasteiger partial charge on any atom is -0.373 e. The van der Waals surface area contributed by atoms with Gasteiger partial charge in [0.25, 0.3) is 5.56 Å². The molecule has 4 heterocycles. The van der Waals surface area contributed by atoms with Crippen LogP contribution in [0.5, 0.6) is 0 Å². The van der Waals surface area contributed by atoms with Gasteiger partial charge in [0.15, 0.2) is 10.5 Å². The highest BCUT2D eigenvalue weighted by atomic mass is 32.1. The van der Waals surface area contributed by atoms with Crippen LogP contribution in [0.3, 0.4) is 0 Å². The second-order valence-corrected chi connectivity index (χ2v) is 8.20. The summed E-state index contributed by atoms with van der Waals surface area (Å²) in [6.45, 7) is 5.22. The molecule has 0 unspecified atom stereocenters. The molecule has 1 aromatic carbocycles. The summed E-state index contributed by atoms with van der Waals surface area (Å²) in [5, 5.41) is 6.84. The lowest BCUT2D eigenvalue weighted by Crippen LogP contribution is -2.27. The number of nitrogens with zero attached hydrogens (tertiary/aromatic N) is 4. The lowest BCUT2D eigenvalue weighted by molar-refractivity contribution is 0.415. The Balaban J connectivity index is 1.33. The Kier molecular flexibility index (Phi) is 4.51. The van der Waals surface area contributed by atoms with Gasteiger partial charge in [-0.05, 0) is 38.5 Å². The molecule has 4 aromatic rings. The Bertz CT molecular complexity index is 1400. The third-order valence-electron chi connectivity index (χ3n) is 5.41. The fraction of sp³-hybridized carbons (Fsp3) is 0.227. The van der Waals surface area contributed by atoms with Crippen molar-refractivity contribution in [1.82, 2.24) is 19.4 Å². The van der Waals surface area contributed by atoms with Gasteiger partial charge in [0.05, 0.1) is 0 Å². The van der Waals surface area contributed by atoms with E-state index in [0.29, 0.717) is 30.8 Å². The minimum absolute atomic E-state index is 0.0229. The van der Waals surface area contributed by atoms with Crippen molar-refractivity contribution in [3.05, 3.63) is 80.7 Å². The first kappa shape index (κ1) is 18.7. The number of fused-ring (bicyclic) bond motifs is 2. The van der Waals surface area contributed by atoms with Gasteiger partial charge in [-0.3, -0.25) is 9.20 Å². The monoisotopic (exact) mass is 422 g/mol. The number of benzene rings is 1. The van der Waals surface area contributed by atoms with Crippen LogP contribution in [0.4, 0.5) is 4.39 Å². The number of allylic oxidation sites excluding steroid dienone is 2. The Labute approximate surface area is 175 Å². The summed E-state index contributed by atoms with van der Waals surface area (Å²) < 4.78 is 20.3. The second kappa shape index (κ2) is 7.21. The molecule has 3 aromatic heterocycles. The molecule has 1 aliphatic heterocycles.